The molecule has 0 spiro atoms. The quantitative estimate of drug-likeness (QED) is 0.862. The summed E-state index contributed by atoms with van der Waals surface area (Å²) in [5.74, 6) is -0.414. The van der Waals surface area contributed by atoms with E-state index in [2.05, 4.69) is 5.32 Å². The number of hydrogen-bond acceptors (Lipinski definition) is 2. The number of rotatable bonds is 2. The molecule has 2 rings (SSSR count). The molecule has 0 amide bonds. The van der Waals surface area contributed by atoms with Crippen LogP contribution in [0.25, 0.3) is 0 Å². The predicted octanol–water partition coefficient (Wildman–Crippen LogP) is 4.75. The number of nitrogens with zero attached hydrogens (tertiary/aromatic N) is 1. The number of nitriles is 1. The maximum atomic E-state index is 13.1. The minimum Gasteiger partial charge on any atom is -0.353 e. The fourth-order valence-corrected chi connectivity index (χ4v) is 1.79. The highest BCUT2D eigenvalue weighted by Gasteiger charge is 2.07. The third kappa shape index (κ3) is 2.73. The zero-order valence-corrected chi connectivity index (χ0v) is 10.6. The lowest BCUT2D eigenvalue weighted by Gasteiger charge is -2.10. The monoisotopic (exact) mass is 280 g/mol. The van der Waals surface area contributed by atoms with Crippen LogP contribution in [0.1, 0.15) is 5.56 Å². The molecule has 2 aromatic carbocycles. The Kier molecular flexibility index (Phi) is 3.71. The van der Waals surface area contributed by atoms with Crippen LogP contribution in [0.5, 0.6) is 0 Å². The summed E-state index contributed by atoms with van der Waals surface area (Å²) < 4.78 is 13.1. The van der Waals surface area contributed by atoms with Crippen LogP contribution in [0.4, 0.5) is 15.8 Å². The average Bonchev–Trinajstić information content (AvgIpc) is 2.34. The Morgan fingerprint density at radius 1 is 1.06 bits per heavy atom. The molecule has 0 radical (unpaired) electrons. The van der Waals surface area contributed by atoms with Crippen molar-refractivity contribution in [2.45, 2.75) is 0 Å². The van der Waals surface area contributed by atoms with Crippen molar-refractivity contribution < 1.29 is 4.39 Å². The molecule has 0 heterocycles. The van der Waals surface area contributed by atoms with E-state index in [-0.39, 0.29) is 0 Å². The molecule has 2 nitrogen and oxygen atoms in total. The first kappa shape index (κ1) is 12.7. The van der Waals surface area contributed by atoms with Crippen LogP contribution in [0.3, 0.4) is 0 Å². The number of hydrogen-bond donors (Lipinski definition) is 1. The van der Waals surface area contributed by atoms with E-state index in [1.54, 1.807) is 18.2 Å². The van der Waals surface area contributed by atoms with Gasteiger partial charge in [0, 0.05) is 5.02 Å². The summed E-state index contributed by atoms with van der Waals surface area (Å²) in [4.78, 5) is 0. The largest absolute Gasteiger partial charge is 0.353 e. The SMILES string of the molecule is N#Cc1ccc(Cl)cc1Nc1cc(F)ccc1Cl. The van der Waals surface area contributed by atoms with Crippen molar-refractivity contribution in [3.63, 3.8) is 0 Å². The van der Waals surface area contributed by atoms with Crippen molar-refractivity contribution >= 4 is 34.6 Å². The molecule has 1 N–H and O–H groups in total. The van der Waals surface area contributed by atoms with Gasteiger partial charge in [0.25, 0.3) is 0 Å². The number of halogens is 3. The topological polar surface area (TPSA) is 35.8 Å². The first-order chi connectivity index (χ1) is 8.60. The summed E-state index contributed by atoms with van der Waals surface area (Å²) >= 11 is 11.8. The van der Waals surface area contributed by atoms with Gasteiger partial charge in [-0.2, -0.15) is 5.26 Å². The molecule has 0 saturated carbocycles. The molecule has 0 saturated heterocycles. The molecule has 5 heteroatoms. The van der Waals surface area contributed by atoms with Gasteiger partial charge in [0.2, 0.25) is 0 Å². The summed E-state index contributed by atoms with van der Waals surface area (Å²) in [5.41, 5.74) is 1.27. The van der Waals surface area contributed by atoms with Crippen molar-refractivity contribution in [1.29, 1.82) is 5.26 Å². The minimum atomic E-state index is -0.414. The third-order valence-corrected chi connectivity index (χ3v) is 2.86. The molecule has 0 fully saturated rings. The Morgan fingerprint density at radius 2 is 1.83 bits per heavy atom. The fourth-order valence-electron chi connectivity index (χ4n) is 1.46. The number of anilines is 2. The lowest BCUT2D eigenvalue weighted by molar-refractivity contribution is 0.628. The van der Waals surface area contributed by atoms with Crippen molar-refractivity contribution in [2.24, 2.45) is 0 Å². The highest BCUT2D eigenvalue weighted by molar-refractivity contribution is 6.33. The second-order valence-corrected chi connectivity index (χ2v) is 4.39. The fraction of sp³-hybridized carbons (Fsp3) is 0. The van der Waals surface area contributed by atoms with Gasteiger partial charge < -0.3 is 5.32 Å². The van der Waals surface area contributed by atoms with Crippen LogP contribution >= 0.6 is 23.2 Å². The van der Waals surface area contributed by atoms with E-state index < -0.39 is 5.82 Å². The Bertz CT molecular complexity index is 635. The van der Waals surface area contributed by atoms with Crippen molar-refractivity contribution in [2.75, 3.05) is 5.32 Å². The summed E-state index contributed by atoms with van der Waals surface area (Å²) in [5, 5.41) is 12.7. The molecule has 0 unspecified atom stereocenters. The average molecular weight is 281 g/mol. The maximum absolute atomic E-state index is 13.1. The van der Waals surface area contributed by atoms with Gasteiger partial charge in [-0.1, -0.05) is 23.2 Å². The van der Waals surface area contributed by atoms with E-state index in [1.807, 2.05) is 6.07 Å². The Balaban J connectivity index is 2.43. The van der Waals surface area contributed by atoms with Gasteiger partial charge in [0.15, 0.2) is 0 Å². The molecular formula is C13H7Cl2FN2. The van der Waals surface area contributed by atoms with Gasteiger partial charge in [0.1, 0.15) is 11.9 Å². The zero-order valence-electron chi connectivity index (χ0n) is 9.05. The van der Waals surface area contributed by atoms with Crippen LogP contribution < -0.4 is 5.32 Å². The second-order valence-electron chi connectivity index (χ2n) is 3.55. The molecule has 2 aromatic rings. The van der Waals surface area contributed by atoms with Gasteiger partial charge in [-0.15, -0.1) is 0 Å². The van der Waals surface area contributed by atoms with Crippen molar-refractivity contribution in [3.05, 3.63) is 57.8 Å². The third-order valence-electron chi connectivity index (χ3n) is 2.30. The summed E-state index contributed by atoms with van der Waals surface area (Å²) in [6.07, 6.45) is 0. The first-order valence-corrected chi connectivity index (χ1v) is 5.77. The molecule has 18 heavy (non-hydrogen) atoms. The Morgan fingerprint density at radius 3 is 2.56 bits per heavy atom. The molecule has 90 valence electrons. The van der Waals surface area contributed by atoms with Crippen LogP contribution in [0.2, 0.25) is 10.0 Å². The number of benzene rings is 2. The van der Waals surface area contributed by atoms with Gasteiger partial charge in [-0.05, 0) is 36.4 Å². The lowest BCUT2D eigenvalue weighted by atomic mass is 10.2. The smallest absolute Gasteiger partial charge is 0.125 e. The lowest BCUT2D eigenvalue weighted by Crippen LogP contribution is -1.95. The van der Waals surface area contributed by atoms with Crippen LogP contribution in [-0.4, -0.2) is 0 Å². The van der Waals surface area contributed by atoms with Crippen LogP contribution in [0.15, 0.2) is 36.4 Å². The Hall–Kier alpha value is -1.76. The molecule has 0 aliphatic carbocycles. The molecular weight excluding hydrogens is 274 g/mol. The van der Waals surface area contributed by atoms with E-state index in [4.69, 9.17) is 28.5 Å². The summed E-state index contributed by atoms with van der Waals surface area (Å²) in [7, 11) is 0. The highest BCUT2D eigenvalue weighted by Crippen LogP contribution is 2.29. The zero-order chi connectivity index (χ0) is 13.1. The standard InChI is InChI=1S/C13H7Cl2FN2/c14-9-2-1-8(7-17)12(5-9)18-13-6-10(16)3-4-11(13)15/h1-6,18H. The molecule has 0 bridgehead atoms. The van der Waals surface area contributed by atoms with Gasteiger partial charge >= 0.3 is 0 Å². The van der Waals surface area contributed by atoms with E-state index in [0.29, 0.717) is 27.0 Å². The van der Waals surface area contributed by atoms with Gasteiger partial charge in [-0.3, -0.25) is 0 Å². The minimum absolute atomic E-state index is 0.361. The van der Waals surface area contributed by atoms with E-state index >= 15 is 0 Å². The molecule has 0 aromatic heterocycles. The van der Waals surface area contributed by atoms with E-state index in [0.717, 1.165) is 0 Å². The van der Waals surface area contributed by atoms with Crippen molar-refractivity contribution in [3.8, 4) is 6.07 Å². The highest BCUT2D eigenvalue weighted by atomic mass is 35.5. The van der Waals surface area contributed by atoms with Gasteiger partial charge in [-0.25, -0.2) is 4.39 Å². The first-order valence-electron chi connectivity index (χ1n) is 5.02. The number of nitrogens with one attached hydrogen (secondary N) is 1. The molecule has 0 aliphatic rings. The van der Waals surface area contributed by atoms with E-state index in [9.17, 15) is 4.39 Å². The maximum Gasteiger partial charge on any atom is 0.125 e. The second kappa shape index (κ2) is 5.26. The van der Waals surface area contributed by atoms with Crippen LogP contribution in [-0.2, 0) is 0 Å². The normalized spacial score (nSPS) is 9.89. The van der Waals surface area contributed by atoms with Gasteiger partial charge in [0.05, 0.1) is 22.0 Å². The van der Waals surface area contributed by atoms with E-state index in [1.165, 1.54) is 18.2 Å². The summed E-state index contributed by atoms with van der Waals surface area (Å²) in [6.45, 7) is 0. The van der Waals surface area contributed by atoms with Crippen molar-refractivity contribution in [1.82, 2.24) is 0 Å². The predicted molar refractivity (Wildman–Crippen MR) is 70.9 cm³/mol. The summed E-state index contributed by atoms with van der Waals surface area (Å²) in [6, 6.07) is 10.7. The van der Waals surface area contributed by atoms with Crippen LogP contribution in [0, 0.1) is 17.1 Å². The Labute approximate surface area is 114 Å². The molecule has 0 atom stereocenters. The molecule has 0 aliphatic heterocycles.